The number of aromatic nitrogens is 2. The lowest BCUT2D eigenvalue weighted by Gasteiger charge is -2.26. The highest BCUT2D eigenvalue weighted by atomic mass is 32.2. The van der Waals surface area contributed by atoms with Crippen molar-refractivity contribution in [3.05, 3.63) is 59.7 Å². The highest BCUT2D eigenvalue weighted by Crippen LogP contribution is 2.34. The van der Waals surface area contributed by atoms with Gasteiger partial charge < -0.3 is 14.6 Å². The summed E-state index contributed by atoms with van der Waals surface area (Å²) in [5.41, 5.74) is 1.60. The number of nitrogens with one attached hydrogen (secondary N) is 1. The lowest BCUT2D eigenvalue weighted by atomic mass is 10.2. The number of aryl methyl sites for hydroxylation is 2. The molecule has 9 heteroatoms. The normalized spacial score (nSPS) is 15.0. The summed E-state index contributed by atoms with van der Waals surface area (Å²) in [5, 5.41) is 6.98. The van der Waals surface area contributed by atoms with E-state index >= 15 is 0 Å². The Morgan fingerprint density at radius 2 is 1.90 bits per heavy atom. The molecule has 0 aliphatic carbocycles. The van der Waals surface area contributed by atoms with Gasteiger partial charge in [0.1, 0.15) is 5.75 Å². The number of benzene rings is 2. The third-order valence-electron chi connectivity index (χ3n) is 5.12. The second-order valence-electron chi connectivity index (χ2n) is 7.63. The predicted octanol–water partition coefficient (Wildman–Crippen LogP) is 4.27. The van der Waals surface area contributed by atoms with Gasteiger partial charge in [-0.25, -0.2) is 8.42 Å². The summed E-state index contributed by atoms with van der Waals surface area (Å²) in [6.07, 6.45) is 2.83. The minimum absolute atomic E-state index is 0.232. The number of nitrogens with zero attached hydrogens (tertiary/aromatic N) is 3. The highest BCUT2D eigenvalue weighted by molar-refractivity contribution is 7.89. The molecular formula is C22H26N4O4S. The van der Waals surface area contributed by atoms with Crippen LogP contribution < -0.4 is 10.1 Å². The van der Waals surface area contributed by atoms with Crippen molar-refractivity contribution in [2.75, 3.05) is 18.4 Å². The molecule has 31 heavy (non-hydrogen) atoms. The standard InChI is InChI=1S/C22H26N4O4S/c1-16-7-6-8-18(13-16)29-21-10-9-19(31(27,28)26-11-4-3-5-12-26)14-20(21)23-15-22-24-17(2)25-30-22/h6-10,13-14,23H,3-5,11-12,15H2,1-2H3. The van der Waals surface area contributed by atoms with E-state index in [1.165, 1.54) is 0 Å². The van der Waals surface area contributed by atoms with Crippen molar-refractivity contribution in [1.82, 2.24) is 14.4 Å². The maximum Gasteiger partial charge on any atom is 0.245 e. The van der Waals surface area contributed by atoms with Crippen LogP contribution in [0.3, 0.4) is 0 Å². The van der Waals surface area contributed by atoms with Crippen LogP contribution in [0.5, 0.6) is 11.5 Å². The number of ether oxygens (including phenoxy) is 1. The van der Waals surface area contributed by atoms with Crippen molar-refractivity contribution >= 4 is 15.7 Å². The fourth-order valence-electron chi connectivity index (χ4n) is 3.54. The van der Waals surface area contributed by atoms with Gasteiger partial charge in [-0.05, 0) is 62.6 Å². The number of sulfonamides is 1. The van der Waals surface area contributed by atoms with Crippen LogP contribution in [-0.2, 0) is 16.6 Å². The van der Waals surface area contributed by atoms with Crippen LogP contribution in [0.25, 0.3) is 0 Å². The van der Waals surface area contributed by atoms with Gasteiger partial charge >= 0.3 is 0 Å². The first kappa shape index (κ1) is 21.3. The third-order valence-corrected chi connectivity index (χ3v) is 7.02. The second-order valence-corrected chi connectivity index (χ2v) is 9.57. The SMILES string of the molecule is Cc1cccc(Oc2ccc(S(=O)(=O)N3CCCCC3)cc2NCc2nc(C)no2)c1. The Kier molecular flexibility index (Phi) is 6.24. The van der Waals surface area contributed by atoms with E-state index in [0.717, 1.165) is 24.8 Å². The van der Waals surface area contributed by atoms with Crippen LogP contribution in [0.2, 0.25) is 0 Å². The maximum absolute atomic E-state index is 13.1. The molecule has 0 atom stereocenters. The first-order chi connectivity index (χ1) is 14.9. The summed E-state index contributed by atoms with van der Waals surface area (Å²) in [4.78, 5) is 4.42. The van der Waals surface area contributed by atoms with Crippen LogP contribution >= 0.6 is 0 Å². The molecule has 1 aliphatic rings. The van der Waals surface area contributed by atoms with Crippen LogP contribution in [-0.4, -0.2) is 36.0 Å². The molecule has 0 amide bonds. The van der Waals surface area contributed by atoms with Crippen LogP contribution in [0.1, 0.15) is 36.5 Å². The maximum atomic E-state index is 13.1. The topological polar surface area (TPSA) is 97.6 Å². The Bertz CT molecular complexity index is 1150. The minimum atomic E-state index is -3.57. The molecule has 0 radical (unpaired) electrons. The monoisotopic (exact) mass is 442 g/mol. The molecule has 2 heterocycles. The summed E-state index contributed by atoms with van der Waals surface area (Å²) < 4.78 is 39.1. The predicted molar refractivity (Wildman–Crippen MR) is 117 cm³/mol. The summed E-state index contributed by atoms with van der Waals surface area (Å²) in [6.45, 7) is 5.07. The zero-order chi connectivity index (χ0) is 21.8. The molecule has 0 bridgehead atoms. The average molecular weight is 443 g/mol. The molecule has 4 rings (SSSR count). The van der Waals surface area contributed by atoms with E-state index in [1.807, 2.05) is 31.2 Å². The summed E-state index contributed by atoms with van der Waals surface area (Å²) in [5.74, 6) is 2.13. The van der Waals surface area contributed by atoms with E-state index < -0.39 is 10.0 Å². The van der Waals surface area contributed by atoms with E-state index in [1.54, 1.807) is 29.4 Å². The van der Waals surface area contributed by atoms with Crippen LogP contribution in [0, 0.1) is 13.8 Å². The van der Waals surface area contributed by atoms with E-state index in [-0.39, 0.29) is 11.4 Å². The van der Waals surface area contributed by atoms with Gasteiger partial charge in [0.25, 0.3) is 0 Å². The Hall–Kier alpha value is -2.91. The van der Waals surface area contributed by atoms with Gasteiger partial charge in [0.15, 0.2) is 11.6 Å². The number of hydrogen-bond donors (Lipinski definition) is 1. The first-order valence-electron chi connectivity index (χ1n) is 10.3. The second kappa shape index (κ2) is 9.07. The lowest BCUT2D eigenvalue weighted by molar-refractivity contribution is 0.346. The fourth-order valence-corrected chi connectivity index (χ4v) is 5.08. The summed E-state index contributed by atoms with van der Waals surface area (Å²) in [6, 6.07) is 12.6. The van der Waals surface area contributed by atoms with Gasteiger partial charge in [0.2, 0.25) is 15.9 Å². The van der Waals surface area contributed by atoms with Crippen LogP contribution in [0.15, 0.2) is 51.9 Å². The highest BCUT2D eigenvalue weighted by Gasteiger charge is 2.27. The third kappa shape index (κ3) is 5.05. The largest absolute Gasteiger partial charge is 0.455 e. The average Bonchev–Trinajstić information content (AvgIpc) is 3.18. The molecule has 1 aliphatic heterocycles. The Morgan fingerprint density at radius 3 is 2.61 bits per heavy atom. The van der Waals surface area contributed by atoms with Gasteiger partial charge in [0, 0.05) is 13.1 Å². The smallest absolute Gasteiger partial charge is 0.245 e. The number of piperidine rings is 1. The Labute approximate surface area is 182 Å². The molecule has 3 aromatic rings. The zero-order valence-corrected chi connectivity index (χ0v) is 18.5. The molecule has 0 unspecified atom stereocenters. The molecule has 164 valence electrons. The number of hydrogen-bond acceptors (Lipinski definition) is 7. The van der Waals surface area contributed by atoms with Crippen molar-refractivity contribution in [1.29, 1.82) is 0 Å². The quantitative estimate of drug-likeness (QED) is 0.584. The van der Waals surface area contributed by atoms with Crippen molar-refractivity contribution < 1.29 is 17.7 Å². The first-order valence-corrected chi connectivity index (χ1v) is 11.8. The van der Waals surface area contributed by atoms with Crippen molar-refractivity contribution in [3.8, 4) is 11.5 Å². The Balaban J connectivity index is 1.64. The van der Waals surface area contributed by atoms with E-state index in [9.17, 15) is 8.42 Å². The molecule has 1 fully saturated rings. The van der Waals surface area contributed by atoms with E-state index in [0.29, 0.717) is 42.0 Å². The molecule has 1 N–H and O–H groups in total. The molecule has 1 saturated heterocycles. The van der Waals surface area contributed by atoms with Gasteiger partial charge in [-0.2, -0.15) is 9.29 Å². The van der Waals surface area contributed by atoms with Gasteiger partial charge in [-0.15, -0.1) is 0 Å². The minimum Gasteiger partial charge on any atom is -0.455 e. The Morgan fingerprint density at radius 1 is 1.10 bits per heavy atom. The molecular weight excluding hydrogens is 416 g/mol. The number of anilines is 1. The van der Waals surface area contributed by atoms with Crippen molar-refractivity contribution in [3.63, 3.8) is 0 Å². The molecule has 0 saturated carbocycles. The zero-order valence-electron chi connectivity index (χ0n) is 17.7. The van der Waals surface area contributed by atoms with Crippen LogP contribution in [0.4, 0.5) is 5.69 Å². The lowest BCUT2D eigenvalue weighted by Crippen LogP contribution is -2.35. The molecule has 8 nitrogen and oxygen atoms in total. The summed E-state index contributed by atoms with van der Waals surface area (Å²) >= 11 is 0. The van der Waals surface area contributed by atoms with Gasteiger partial charge in [0.05, 0.1) is 17.1 Å². The van der Waals surface area contributed by atoms with E-state index in [2.05, 4.69) is 15.5 Å². The fraction of sp³-hybridized carbons (Fsp3) is 0.364. The van der Waals surface area contributed by atoms with Gasteiger partial charge in [-0.1, -0.05) is 23.7 Å². The number of rotatable bonds is 7. The molecule has 0 spiro atoms. The van der Waals surface area contributed by atoms with Gasteiger partial charge in [-0.3, -0.25) is 0 Å². The summed E-state index contributed by atoms with van der Waals surface area (Å²) in [7, 11) is -3.57. The van der Waals surface area contributed by atoms with E-state index in [4.69, 9.17) is 9.26 Å². The molecule has 1 aromatic heterocycles. The molecule has 2 aromatic carbocycles. The van der Waals surface area contributed by atoms with Crippen molar-refractivity contribution in [2.45, 2.75) is 44.6 Å². The van der Waals surface area contributed by atoms with Crippen molar-refractivity contribution in [2.24, 2.45) is 0 Å².